The van der Waals surface area contributed by atoms with E-state index >= 15 is 0 Å². The van der Waals surface area contributed by atoms with Gasteiger partial charge >= 0.3 is 5.97 Å². The van der Waals surface area contributed by atoms with Crippen molar-refractivity contribution in [2.45, 2.75) is 156 Å². The van der Waals surface area contributed by atoms with Crippen LogP contribution in [0.1, 0.15) is 136 Å². The summed E-state index contributed by atoms with van der Waals surface area (Å²) in [5.41, 5.74) is 3.19. The molecule has 1 aliphatic heterocycles. The largest absolute Gasteiger partial charge is 0.480 e. The molecule has 12 heteroatoms. The van der Waals surface area contributed by atoms with E-state index in [1.165, 1.54) is 10.5 Å². The van der Waals surface area contributed by atoms with Gasteiger partial charge in [-0.15, -0.1) is 0 Å². The quantitative estimate of drug-likeness (QED) is 0.0882. The monoisotopic (exact) mass is 805 g/mol. The fourth-order valence-corrected chi connectivity index (χ4v) is 7.43. The number of unbranched alkanes of at least 4 members (excludes halogenated alkanes) is 3. The number of aliphatic carboxylic acids is 1. The lowest BCUT2D eigenvalue weighted by Crippen LogP contribution is -2.56. The Balaban J connectivity index is 1.64. The summed E-state index contributed by atoms with van der Waals surface area (Å²) in [7, 11) is 0. The number of carboxylic acids is 1. The highest BCUT2D eigenvalue weighted by atomic mass is 16.5. The van der Waals surface area contributed by atoms with Gasteiger partial charge in [0, 0.05) is 37.4 Å². The zero-order valence-electron chi connectivity index (χ0n) is 36.0. The summed E-state index contributed by atoms with van der Waals surface area (Å²) in [4.78, 5) is 81.1. The Morgan fingerprint density at radius 3 is 2.07 bits per heavy atom. The van der Waals surface area contributed by atoms with E-state index in [0.717, 1.165) is 43.2 Å². The van der Waals surface area contributed by atoms with E-state index < -0.39 is 59.3 Å². The van der Waals surface area contributed by atoms with Crippen LogP contribution in [0.4, 0.5) is 0 Å². The van der Waals surface area contributed by atoms with E-state index in [1.54, 1.807) is 26.0 Å². The molecular formula is C46H68N4O8. The molecule has 6 atom stereocenters. The van der Waals surface area contributed by atoms with Crippen molar-refractivity contribution in [3.8, 4) is 11.1 Å². The second-order valence-electron chi connectivity index (χ2n) is 16.9. The number of likely N-dealkylation sites (tertiary alicyclic amines) is 1. The number of benzene rings is 2. The molecule has 2 aromatic rings. The van der Waals surface area contributed by atoms with Gasteiger partial charge in [0.25, 0.3) is 5.91 Å². The minimum Gasteiger partial charge on any atom is -0.480 e. The lowest BCUT2D eigenvalue weighted by atomic mass is 9.92. The Morgan fingerprint density at radius 1 is 0.879 bits per heavy atom. The predicted octanol–water partition coefficient (Wildman–Crippen LogP) is 6.88. The van der Waals surface area contributed by atoms with Gasteiger partial charge < -0.3 is 30.7 Å². The van der Waals surface area contributed by atoms with Crippen LogP contribution in [0, 0.1) is 11.8 Å². The number of carboxylic acid groups (broad SMARTS) is 1. The summed E-state index contributed by atoms with van der Waals surface area (Å²) in [6, 6.07) is 12.8. The van der Waals surface area contributed by atoms with Crippen molar-refractivity contribution in [2.24, 2.45) is 11.8 Å². The Bertz CT molecular complexity index is 1670. The molecule has 2 aromatic carbocycles. The number of Topliss-reactive ketones (excluding diaryl/α,β-unsaturated/α-hetero) is 1. The fraction of sp³-hybridized carbons (Fsp3) is 0.609. The normalized spacial score (nSPS) is 17.5. The standard InChI is InChI=1S/C46H68N4O8/c1-9-12-14-16-37(45(56)57)48-43(54)33(11-3)28-39(51)41(31(5)58-46(6,7)8)49-44(55)38-27-30(4)29-50(38)40(52)25-26-47-42(53)36-23-21-35(22-24-36)34-19-17-32(18-20-34)15-13-10-2/h17-24,30-31,33,37-38,41H,9-16,25-29H2,1-8H3,(H,47,53)(H,48,54)(H,49,55)(H,56,57)/t30-,31+,33+,37-,38?,41-/m0/s1. The first kappa shape index (κ1) is 47.8. The molecule has 12 nitrogen and oxygen atoms in total. The van der Waals surface area contributed by atoms with Crippen molar-refractivity contribution in [1.29, 1.82) is 0 Å². The molecule has 0 radical (unpaired) electrons. The topological polar surface area (TPSA) is 171 Å². The van der Waals surface area contributed by atoms with Gasteiger partial charge in [-0.2, -0.15) is 0 Å². The molecule has 1 aliphatic rings. The molecule has 58 heavy (non-hydrogen) atoms. The molecule has 3 rings (SSSR count). The Morgan fingerprint density at radius 2 is 1.50 bits per heavy atom. The molecule has 320 valence electrons. The third-order valence-corrected chi connectivity index (χ3v) is 10.7. The van der Waals surface area contributed by atoms with Crippen molar-refractivity contribution in [1.82, 2.24) is 20.9 Å². The molecule has 0 aliphatic carbocycles. The van der Waals surface area contributed by atoms with Crippen LogP contribution in [-0.2, 0) is 35.1 Å². The van der Waals surface area contributed by atoms with E-state index in [9.17, 15) is 33.9 Å². The number of ether oxygens (including phenoxy) is 1. The third kappa shape index (κ3) is 15.0. The summed E-state index contributed by atoms with van der Waals surface area (Å²) in [5.74, 6) is -3.97. The predicted molar refractivity (Wildman–Crippen MR) is 226 cm³/mol. The molecule has 4 N–H and O–H groups in total. The van der Waals surface area contributed by atoms with Crippen LogP contribution in [0.5, 0.6) is 0 Å². The highest BCUT2D eigenvalue weighted by Gasteiger charge is 2.41. The molecule has 0 saturated carbocycles. The molecule has 1 heterocycles. The van der Waals surface area contributed by atoms with Crippen LogP contribution in [0.3, 0.4) is 0 Å². The fourth-order valence-electron chi connectivity index (χ4n) is 7.43. The van der Waals surface area contributed by atoms with E-state index in [-0.39, 0.29) is 43.5 Å². The maximum Gasteiger partial charge on any atom is 0.326 e. The number of ketones is 1. The van der Waals surface area contributed by atoms with Gasteiger partial charge in [-0.3, -0.25) is 24.0 Å². The summed E-state index contributed by atoms with van der Waals surface area (Å²) in [5, 5.41) is 18.0. The second kappa shape index (κ2) is 23.1. The number of nitrogens with one attached hydrogen (secondary N) is 3. The molecule has 0 aromatic heterocycles. The molecule has 1 unspecified atom stereocenters. The number of hydrogen-bond acceptors (Lipinski definition) is 7. The van der Waals surface area contributed by atoms with Gasteiger partial charge in [-0.25, -0.2) is 4.79 Å². The molecule has 4 amide bonds. The van der Waals surface area contributed by atoms with Crippen molar-refractivity contribution in [3.63, 3.8) is 0 Å². The van der Waals surface area contributed by atoms with Crippen molar-refractivity contribution >= 4 is 35.4 Å². The summed E-state index contributed by atoms with van der Waals surface area (Å²) < 4.78 is 6.13. The van der Waals surface area contributed by atoms with Gasteiger partial charge in [0.1, 0.15) is 18.1 Å². The number of carbonyl (C=O) groups is 6. The van der Waals surface area contributed by atoms with Gasteiger partial charge in [-0.1, -0.05) is 89.8 Å². The number of nitrogens with zero attached hydrogens (tertiary/aromatic N) is 1. The lowest BCUT2D eigenvalue weighted by Gasteiger charge is -2.33. The van der Waals surface area contributed by atoms with E-state index in [0.29, 0.717) is 31.4 Å². The van der Waals surface area contributed by atoms with Crippen LogP contribution >= 0.6 is 0 Å². The minimum absolute atomic E-state index is 0.0142. The summed E-state index contributed by atoms with van der Waals surface area (Å²) in [6.45, 7) is 15.5. The summed E-state index contributed by atoms with van der Waals surface area (Å²) in [6.07, 6.45) is 5.70. The van der Waals surface area contributed by atoms with Gasteiger partial charge in [0.05, 0.1) is 11.7 Å². The van der Waals surface area contributed by atoms with Gasteiger partial charge in [-0.05, 0) is 94.5 Å². The molecule has 0 bridgehead atoms. The Labute approximate surface area is 345 Å². The first-order valence-corrected chi connectivity index (χ1v) is 21.3. The first-order valence-electron chi connectivity index (χ1n) is 21.3. The first-order chi connectivity index (χ1) is 27.5. The molecule has 1 fully saturated rings. The van der Waals surface area contributed by atoms with Crippen LogP contribution in [-0.4, -0.2) is 88.3 Å². The van der Waals surface area contributed by atoms with Crippen LogP contribution < -0.4 is 16.0 Å². The van der Waals surface area contributed by atoms with Crippen molar-refractivity contribution in [3.05, 3.63) is 59.7 Å². The second-order valence-corrected chi connectivity index (χ2v) is 16.9. The maximum atomic E-state index is 14.0. The highest BCUT2D eigenvalue weighted by Crippen LogP contribution is 2.26. The number of carbonyl (C=O) groups excluding carboxylic acids is 5. The van der Waals surface area contributed by atoms with Crippen molar-refractivity contribution < 1.29 is 38.6 Å². The average molecular weight is 805 g/mol. The van der Waals surface area contributed by atoms with Gasteiger partial charge in [0.2, 0.25) is 17.7 Å². The third-order valence-electron chi connectivity index (χ3n) is 10.7. The zero-order chi connectivity index (χ0) is 43.0. The van der Waals surface area contributed by atoms with Gasteiger partial charge in [0.15, 0.2) is 5.78 Å². The minimum atomic E-state index is -1.13. The number of rotatable bonds is 23. The molecule has 0 spiro atoms. The van der Waals surface area contributed by atoms with Crippen molar-refractivity contribution in [2.75, 3.05) is 13.1 Å². The van der Waals surface area contributed by atoms with Crippen LogP contribution in [0.25, 0.3) is 11.1 Å². The number of amides is 4. The molecular weight excluding hydrogens is 737 g/mol. The summed E-state index contributed by atoms with van der Waals surface area (Å²) >= 11 is 0. The number of aryl methyl sites for hydroxylation is 1. The Hall–Kier alpha value is -4.58. The van der Waals surface area contributed by atoms with E-state index in [1.807, 2.05) is 46.8 Å². The number of hydrogen-bond donors (Lipinski definition) is 4. The van der Waals surface area contributed by atoms with Crippen LogP contribution in [0.2, 0.25) is 0 Å². The maximum absolute atomic E-state index is 14.0. The SMILES string of the molecule is CCCCC[C@H](NC(=O)[C@H](CC)CC(=O)[C@@H](NC(=O)C1C[C@H](C)CN1C(=O)CCNC(=O)c1ccc(-c2ccc(CCCC)cc2)cc1)[C@@H](C)OC(C)(C)C)C(=O)O. The highest BCUT2D eigenvalue weighted by molar-refractivity contribution is 5.96. The zero-order valence-corrected chi connectivity index (χ0v) is 36.0. The molecule has 1 saturated heterocycles. The van der Waals surface area contributed by atoms with Crippen LogP contribution in [0.15, 0.2) is 48.5 Å². The lowest BCUT2D eigenvalue weighted by molar-refractivity contribution is -0.144. The Kier molecular flexibility index (Phi) is 19.1. The smallest absolute Gasteiger partial charge is 0.326 e. The average Bonchev–Trinajstić information content (AvgIpc) is 3.58. The van der Waals surface area contributed by atoms with E-state index in [4.69, 9.17) is 4.74 Å². The van der Waals surface area contributed by atoms with E-state index in [2.05, 4.69) is 47.1 Å².